The fourth-order valence-electron chi connectivity index (χ4n) is 0.871. The molecule has 2 N–H and O–H groups in total. The van der Waals surface area contributed by atoms with E-state index in [1.165, 1.54) is 30.3 Å². The van der Waals surface area contributed by atoms with Gasteiger partial charge in [0, 0.05) is 5.56 Å². The first-order valence-electron chi connectivity index (χ1n) is 3.55. The third-order valence-electron chi connectivity index (χ3n) is 1.57. The lowest BCUT2D eigenvalue weighted by molar-refractivity contribution is 0.105. The molecule has 64 valence electrons. The molecule has 0 spiro atoms. The highest BCUT2D eigenvalue weighted by Gasteiger charge is 2.11. The van der Waals surface area contributed by atoms with Gasteiger partial charge in [0.2, 0.25) is 0 Å². The van der Waals surface area contributed by atoms with Crippen LogP contribution in [0.4, 0.5) is 0 Å². The van der Waals surface area contributed by atoms with E-state index in [2.05, 4.69) is 0 Å². The summed E-state index contributed by atoms with van der Waals surface area (Å²) in [5, 5.41) is 25.7. The molecule has 0 saturated carbocycles. The summed E-state index contributed by atoms with van der Waals surface area (Å²) < 4.78 is 0. The molecule has 0 radical (unpaired) electrons. The van der Waals surface area contributed by atoms with Crippen molar-refractivity contribution in [2.75, 3.05) is 0 Å². The van der Waals surface area contributed by atoms with Crippen LogP contribution < -0.4 is 5.46 Å². The van der Waals surface area contributed by atoms with Gasteiger partial charge < -0.3 is 10.0 Å². The topological polar surface area (TPSA) is 81.3 Å². The van der Waals surface area contributed by atoms with Crippen LogP contribution in [0.2, 0.25) is 0 Å². The highest BCUT2D eigenvalue weighted by molar-refractivity contribution is 6.58. The van der Waals surface area contributed by atoms with Crippen LogP contribution in [0.5, 0.6) is 0 Å². The van der Waals surface area contributed by atoms with Crippen molar-refractivity contribution >= 4 is 18.4 Å². The van der Waals surface area contributed by atoms with Gasteiger partial charge in [0.05, 0.1) is 0 Å². The molecule has 0 aliphatic rings. The first-order valence-corrected chi connectivity index (χ1v) is 3.55. The smallest absolute Gasteiger partial charge is 0.423 e. The summed E-state index contributed by atoms with van der Waals surface area (Å²) in [6, 6.07) is 6.98. The Morgan fingerprint density at radius 1 is 1.31 bits per heavy atom. The van der Waals surface area contributed by atoms with Crippen LogP contribution in [0, 0.1) is 11.3 Å². The number of carbonyl (C=O) groups is 1. The van der Waals surface area contributed by atoms with Gasteiger partial charge in [-0.05, 0) is 5.46 Å². The Labute approximate surface area is 75.2 Å². The molecule has 0 bridgehead atoms. The van der Waals surface area contributed by atoms with E-state index in [4.69, 9.17) is 15.3 Å². The van der Waals surface area contributed by atoms with Crippen LogP contribution in [0.3, 0.4) is 0 Å². The second-order valence-electron chi connectivity index (χ2n) is 2.44. The number of hydrogen-bond acceptors (Lipinski definition) is 4. The van der Waals surface area contributed by atoms with Gasteiger partial charge in [-0.3, -0.25) is 4.79 Å². The standard InChI is InChI=1S/C8H6BNO3/c10-5-8(11)6-1-3-7(4-2-6)9(12)13/h1-4,12-13H. The highest BCUT2D eigenvalue weighted by atomic mass is 16.4. The molecule has 0 amide bonds. The summed E-state index contributed by atoms with van der Waals surface area (Å²) in [5.74, 6) is -0.640. The normalized spacial score (nSPS) is 9.00. The van der Waals surface area contributed by atoms with Gasteiger partial charge in [0.15, 0.2) is 0 Å². The van der Waals surface area contributed by atoms with Crippen LogP contribution in [-0.2, 0) is 0 Å². The first-order chi connectivity index (χ1) is 6.15. The molecule has 5 heteroatoms. The third-order valence-corrected chi connectivity index (χ3v) is 1.57. The summed E-state index contributed by atoms with van der Waals surface area (Å²) >= 11 is 0. The maximum absolute atomic E-state index is 10.8. The third kappa shape index (κ3) is 2.15. The Balaban J connectivity index is 2.95. The summed E-state index contributed by atoms with van der Waals surface area (Å²) in [7, 11) is -1.55. The van der Waals surface area contributed by atoms with Crippen LogP contribution in [-0.4, -0.2) is 22.9 Å². The molecule has 1 rings (SSSR count). The van der Waals surface area contributed by atoms with Crippen molar-refractivity contribution in [2.45, 2.75) is 0 Å². The predicted molar refractivity (Wildman–Crippen MR) is 46.2 cm³/mol. The largest absolute Gasteiger partial charge is 0.488 e. The molecule has 0 heterocycles. The van der Waals surface area contributed by atoms with Crippen molar-refractivity contribution in [1.82, 2.24) is 0 Å². The molecular weight excluding hydrogens is 169 g/mol. The molecule has 1 aromatic rings. The van der Waals surface area contributed by atoms with E-state index in [0.717, 1.165) is 0 Å². The summed E-state index contributed by atoms with van der Waals surface area (Å²) in [6.45, 7) is 0. The van der Waals surface area contributed by atoms with E-state index in [1.807, 2.05) is 0 Å². The average Bonchev–Trinajstić information content (AvgIpc) is 2.17. The van der Waals surface area contributed by atoms with Crippen LogP contribution in [0.15, 0.2) is 24.3 Å². The Morgan fingerprint density at radius 2 is 1.85 bits per heavy atom. The zero-order chi connectivity index (χ0) is 9.84. The van der Waals surface area contributed by atoms with Crippen molar-refractivity contribution in [3.8, 4) is 6.07 Å². The fourth-order valence-corrected chi connectivity index (χ4v) is 0.871. The van der Waals surface area contributed by atoms with E-state index in [0.29, 0.717) is 0 Å². The number of carbonyl (C=O) groups excluding carboxylic acids is 1. The van der Waals surface area contributed by atoms with Crippen molar-refractivity contribution in [3.63, 3.8) is 0 Å². The molecule has 0 saturated heterocycles. The van der Waals surface area contributed by atoms with E-state index in [1.54, 1.807) is 0 Å². The first kappa shape index (κ1) is 9.45. The Hall–Kier alpha value is -1.64. The number of Topliss-reactive ketones (excluding diaryl/α,β-unsaturated/α-hetero) is 1. The van der Waals surface area contributed by atoms with Crippen LogP contribution in [0.25, 0.3) is 0 Å². The zero-order valence-corrected chi connectivity index (χ0v) is 6.64. The van der Waals surface area contributed by atoms with E-state index in [9.17, 15) is 4.79 Å². The number of rotatable bonds is 2. The van der Waals surface area contributed by atoms with Gasteiger partial charge in [-0.1, -0.05) is 24.3 Å². The van der Waals surface area contributed by atoms with E-state index in [-0.39, 0.29) is 11.0 Å². The number of nitrogens with zero attached hydrogens (tertiary/aromatic N) is 1. The molecule has 1 aromatic carbocycles. The SMILES string of the molecule is N#CC(=O)c1ccc(B(O)O)cc1. The zero-order valence-electron chi connectivity index (χ0n) is 6.64. The van der Waals surface area contributed by atoms with Gasteiger partial charge in [0.1, 0.15) is 6.07 Å². The number of ketones is 1. The summed E-state index contributed by atoms with van der Waals surface area (Å²) in [5.41, 5.74) is 0.529. The van der Waals surface area contributed by atoms with Crippen molar-refractivity contribution in [1.29, 1.82) is 5.26 Å². The van der Waals surface area contributed by atoms with Crippen molar-refractivity contribution in [2.24, 2.45) is 0 Å². The van der Waals surface area contributed by atoms with Gasteiger partial charge >= 0.3 is 7.12 Å². The molecular formula is C8H6BNO3. The molecule has 0 fully saturated rings. The van der Waals surface area contributed by atoms with Crippen molar-refractivity contribution in [3.05, 3.63) is 29.8 Å². The molecule has 13 heavy (non-hydrogen) atoms. The minimum Gasteiger partial charge on any atom is -0.423 e. The lowest BCUT2D eigenvalue weighted by Crippen LogP contribution is -2.29. The predicted octanol–water partition coefficient (Wildman–Crippen LogP) is -0.927. The molecule has 4 nitrogen and oxygen atoms in total. The van der Waals surface area contributed by atoms with Gasteiger partial charge in [0.25, 0.3) is 5.78 Å². The second kappa shape index (κ2) is 3.85. The summed E-state index contributed by atoms with van der Waals surface area (Å²) in [6.07, 6.45) is 0. The molecule has 0 aromatic heterocycles. The van der Waals surface area contributed by atoms with Gasteiger partial charge in [-0.25, -0.2) is 0 Å². The quantitative estimate of drug-likeness (QED) is 0.345. The van der Waals surface area contributed by atoms with Crippen molar-refractivity contribution < 1.29 is 14.8 Å². The Bertz CT molecular complexity index is 353. The van der Waals surface area contributed by atoms with Crippen LogP contribution >= 0.6 is 0 Å². The minimum absolute atomic E-state index is 0.243. The number of benzene rings is 1. The maximum Gasteiger partial charge on any atom is 0.488 e. The average molecular weight is 175 g/mol. The summed E-state index contributed by atoms with van der Waals surface area (Å²) in [4.78, 5) is 10.8. The lowest BCUT2D eigenvalue weighted by Gasteiger charge is -1.98. The Kier molecular flexibility index (Phi) is 2.80. The molecule has 0 unspecified atom stereocenters. The van der Waals surface area contributed by atoms with E-state index >= 15 is 0 Å². The highest BCUT2D eigenvalue weighted by Crippen LogP contribution is 1.97. The number of hydrogen-bond donors (Lipinski definition) is 2. The molecule has 0 atom stereocenters. The fraction of sp³-hybridized carbons (Fsp3) is 0. The maximum atomic E-state index is 10.8. The molecule has 0 aliphatic carbocycles. The second-order valence-corrected chi connectivity index (χ2v) is 2.44. The van der Waals surface area contributed by atoms with Gasteiger partial charge in [-0.2, -0.15) is 5.26 Å². The van der Waals surface area contributed by atoms with E-state index < -0.39 is 12.9 Å². The minimum atomic E-state index is -1.55. The monoisotopic (exact) mass is 175 g/mol. The Morgan fingerprint density at radius 3 is 2.23 bits per heavy atom. The van der Waals surface area contributed by atoms with Crippen LogP contribution in [0.1, 0.15) is 10.4 Å². The number of nitriles is 1. The molecule has 0 aliphatic heterocycles. The lowest BCUT2D eigenvalue weighted by atomic mass is 9.80. The van der Waals surface area contributed by atoms with Gasteiger partial charge in [-0.15, -0.1) is 0 Å².